The van der Waals surface area contributed by atoms with Gasteiger partial charge in [-0.05, 0) is 63.4 Å². The van der Waals surface area contributed by atoms with Crippen molar-refractivity contribution in [3.8, 4) is 0 Å². The molecule has 1 fully saturated rings. The van der Waals surface area contributed by atoms with Crippen LogP contribution in [0.2, 0.25) is 0 Å². The number of benzene rings is 1. The minimum Gasteiger partial charge on any atom is -0.362 e. The molecule has 0 spiro atoms. The van der Waals surface area contributed by atoms with E-state index in [0.717, 1.165) is 34.5 Å². The third-order valence-electron chi connectivity index (χ3n) is 5.20. The van der Waals surface area contributed by atoms with Crippen LogP contribution in [0.5, 0.6) is 0 Å². The molecule has 5 nitrogen and oxygen atoms in total. The van der Waals surface area contributed by atoms with Crippen molar-refractivity contribution >= 4 is 11.8 Å². The lowest BCUT2D eigenvalue weighted by Crippen LogP contribution is -2.37. The zero-order valence-electron chi connectivity index (χ0n) is 16.1. The van der Waals surface area contributed by atoms with Crippen LogP contribution in [0.4, 0.5) is 0 Å². The number of aryl methyl sites for hydroxylation is 4. The van der Waals surface area contributed by atoms with Crippen LogP contribution in [-0.4, -0.2) is 52.8 Å². The summed E-state index contributed by atoms with van der Waals surface area (Å²) in [6.07, 6.45) is 0.796. The van der Waals surface area contributed by atoms with Crippen LogP contribution in [0.3, 0.4) is 0 Å². The minimum atomic E-state index is 0.0485. The fourth-order valence-electron chi connectivity index (χ4n) is 3.50. The molecular weight excluding hydrogens is 326 g/mol. The van der Waals surface area contributed by atoms with Gasteiger partial charge in [-0.2, -0.15) is 0 Å². The molecule has 1 saturated heterocycles. The number of rotatable bonds is 2. The Bertz CT molecular complexity index is 838. The number of H-pyrrole nitrogens is 1. The van der Waals surface area contributed by atoms with Gasteiger partial charge in [-0.1, -0.05) is 6.07 Å². The SMILES string of the molecule is Cc1cc(C(=O)N2CCCN(C(=O)c3ccc(C)c(C)c3)CC2)c(C)[nH]1. The number of aromatic amines is 1. The van der Waals surface area contributed by atoms with E-state index in [0.29, 0.717) is 26.2 Å². The highest BCUT2D eigenvalue weighted by Crippen LogP contribution is 2.17. The molecule has 2 heterocycles. The van der Waals surface area contributed by atoms with Gasteiger partial charge < -0.3 is 14.8 Å². The molecule has 26 heavy (non-hydrogen) atoms. The second-order valence-electron chi connectivity index (χ2n) is 7.23. The van der Waals surface area contributed by atoms with Crippen LogP contribution >= 0.6 is 0 Å². The summed E-state index contributed by atoms with van der Waals surface area (Å²) in [7, 11) is 0. The van der Waals surface area contributed by atoms with E-state index in [1.165, 1.54) is 5.56 Å². The summed E-state index contributed by atoms with van der Waals surface area (Å²) in [5, 5.41) is 0. The fraction of sp³-hybridized carbons (Fsp3) is 0.429. The van der Waals surface area contributed by atoms with Gasteiger partial charge in [0.2, 0.25) is 0 Å². The lowest BCUT2D eigenvalue weighted by Gasteiger charge is -2.22. The van der Waals surface area contributed by atoms with Crippen molar-refractivity contribution in [2.75, 3.05) is 26.2 Å². The highest BCUT2D eigenvalue weighted by Gasteiger charge is 2.25. The smallest absolute Gasteiger partial charge is 0.255 e. The van der Waals surface area contributed by atoms with E-state index in [2.05, 4.69) is 4.98 Å². The van der Waals surface area contributed by atoms with Crippen molar-refractivity contribution in [2.24, 2.45) is 0 Å². The number of hydrogen-bond acceptors (Lipinski definition) is 2. The maximum atomic E-state index is 12.8. The summed E-state index contributed by atoms with van der Waals surface area (Å²) in [6.45, 7) is 10.4. The Kier molecular flexibility index (Phi) is 5.16. The van der Waals surface area contributed by atoms with Crippen LogP contribution in [-0.2, 0) is 0 Å². The van der Waals surface area contributed by atoms with Gasteiger partial charge in [-0.15, -0.1) is 0 Å². The summed E-state index contributed by atoms with van der Waals surface area (Å²) >= 11 is 0. The maximum absolute atomic E-state index is 12.8. The van der Waals surface area contributed by atoms with Crippen molar-refractivity contribution in [1.82, 2.24) is 14.8 Å². The predicted octanol–water partition coefficient (Wildman–Crippen LogP) is 3.24. The van der Waals surface area contributed by atoms with Crippen LogP contribution in [0.1, 0.15) is 49.7 Å². The van der Waals surface area contributed by atoms with Crippen molar-refractivity contribution in [3.05, 3.63) is 57.9 Å². The molecule has 1 aliphatic rings. The summed E-state index contributed by atoms with van der Waals surface area (Å²) in [5.41, 5.74) is 5.67. The monoisotopic (exact) mass is 353 g/mol. The first kappa shape index (κ1) is 18.2. The molecule has 1 aromatic heterocycles. The highest BCUT2D eigenvalue weighted by atomic mass is 16.2. The molecule has 3 rings (SSSR count). The number of nitrogens with one attached hydrogen (secondary N) is 1. The van der Waals surface area contributed by atoms with E-state index in [1.54, 1.807) is 0 Å². The van der Waals surface area contributed by atoms with E-state index >= 15 is 0 Å². The Morgan fingerprint density at radius 3 is 2.08 bits per heavy atom. The van der Waals surface area contributed by atoms with Gasteiger partial charge in [-0.25, -0.2) is 0 Å². The van der Waals surface area contributed by atoms with E-state index in [1.807, 2.05) is 61.8 Å². The standard InChI is InChI=1S/C21H27N3O2/c1-14-6-7-18(12-15(14)2)20(25)23-8-5-9-24(11-10-23)21(26)19-13-16(3)22-17(19)4/h6-7,12-13,22H,5,8-11H2,1-4H3. The summed E-state index contributed by atoms with van der Waals surface area (Å²) < 4.78 is 0. The van der Waals surface area contributed by atoms with E-state index in [4.69, 9.17) is 0 Å². The van der Waals surface area contributed by atoms with E-state index in [9.17, 15) is 9.59 Å². The molecule has 2 amide bonds. The summed E-state index contributed by atoms with van der Waals surface area (Å²) in [6, 6.07) is 7.75. The normalized spacial score (nSPS) is 15.1. The first-order valence-electron chi connectivity index (χ1n) is 9.19. The lowest BCUT2D eigenvalue weighted by molar-refractivity contribution is 0.0718. The lowest BCUT2D eigenvalue weighted by atomic mass is 10.1. The minimum absolute atomic E-state index is 0.0485. The first-order chi connectivity index (χ1) is 12.4. The predicted molar refractivity (Wildman–Crippen MR) is 103 cm³/mol. The van der Waals surface area contributed by atoms with Gasteiger partial charge in [0.15, 0.2) is 0 Å². The average molecular weight is 353 g/mol. The molecule has 0 aliphatic carbocycles. The number of carbonyl (C=O) groups is 2. The molecular formula is C21H27N3O2. The largest absolute Gasteiger partial charge is 0.362 e. The second-order valence-corrected chi connectivity index (χ2v) is 7.23. The van der Waals surface area contributed by atoms with Gasteiger partial charge in [0, 0.05) is 43.1 Å². The molecule has 1 aliphatic heterocycles. The number of carbonyl (C=O) groups excluding carboxylic acids is 2. The molecule has 0 bridgehead atoms. The molecule has 0 radical (unpaired) electrons. The Hall–Kier alpha value is -2.56. The van der Waals surface area contributed by atoms with E-state index in [-0.39, 0.29) is 11.8 Å². The van der Waals surface area contributed by atoms with Crippen LogP contribution in [0.15, 0.2) is 24.3 Å². The molecule has 138 valence electrons. The quantitative estimate of drug-likeness (QED) is 0.901. The van der Waals surface area contributed by atoms with Gasteiger partial charge >= 0.3 is 0 Å². The van der Waals surface area contributed by atoms with Crippen LogP contribution in [0.25, 0.3) is 0 Å². The fourth-order valence-corrected chi connectivity index (χ4v) is 3.50. The highest BCUT2D eigenvalue weighted by molar-refractivity contribution is 5.96. The van der Waals surface area contributed by atoms with Gasteiger partial charge in [0.05, 0.1) is 5.56 Å². The molecule has 1 aromatic carbocycles. The molecule has 0 saturated carbocycles. The maximum Gasteiger partial charge on any atom is 0.255 e. The van der Waals surface area contributed by atoms with E-state index < -0.39 is 0 Å². The zero-order chi connectivity index (χ0) is 18.8. The Balaban J connectivity index is 1.69. The molecule has 1 N–H and O–H groups in total. The number of amides is 2. The third-order valence-corrected chi connectivity index (χ3v) is 5.20. The van der Waals surface area contributed by atoms with Crippen molar-refractivity contribution < 1.29 is 9.59 Å². The topological polar surface area (TPSA) is 56.4 Å². The second kappa shape index (κ2) is 7.36. The van der Waals surface area contributed by atoms with Crippen LogP contribution < -0.4 is 0 Å². The first-order valence-corrected chi connectivity index (χ1v) is 9.19. The number of aromatic nitrogens is 1. The van der Waals surface area contributed by atoms with Crippen molar-refractivity contribution in [1.29, 1.82) is 0 Å². The molecule has 2 aromatic rings. The zero-order valence-corrected chi connectivity index (χ0v) is 16.1. The number of hydrogen-bond donors (Lipinski definition) is 1. The van der Waals surface area contributed by atoms with Gasteiger partial charge in [0.25, 0.3) is 11.8 Å². The van der Waals surface area contributed by atoms with Crippen LogP contribution in [0, 0.1) is 27.7 Å². The average Bonchev–Trinajstić information content (AvgIpc) is 2.82. The number of nitrogens with zero attached hydrogens (tertiary/aromatic N) is 2. The summed E-state index contributed by atoms with van der Waals surface area (Å²) in [4.78, 5) is 32.6. The third kappa shape index (κ3) is 3.66. The Morgan fingerprint density at radius 1 is 0.846 bits per heavy atom. The van der Waals surface area contributed by atoms with Gasteiger partial charge in [0.1, 0.15) is 0 Å². The molecule has 0 atom stereocenters. The van der Waals surface area contributed by atoms with Gasteiger partial charge in [-0.3, -0.25) is 9.59 Å². The Labute approximate surface area is 155 Å². The Morgan fingerprint density at radius 2 is 1.50 bits per heavy atom. The molecule has 5 heteroatoms. The summed E-state index contributed by atoms with van der Waals surface area (Å²) in [5.74, 6) is 0.100. The molecule has 0 unspecified atom stereocenters. The van der Waals surface area contributed by atoms with Crippen molar-refractivity contribution in [3.63, 3.8) is 0 Å². The van der Waals surface area contributed by atoms with Crippen molar-refractivity contribution in [2.45, 2.75) is 34.1 Å².